The van der Waals surface area contributed by atoms with Crippen LogP contribution in [0.1, 0.15) is 60.5 Å². The molecule has 1 heterocycles. The van der Waals surface area contributed by atoms with E-state index in [1.54, 1.807) is 0 Å². The average molecular weight is 335 g/mol. The summed E-state index contributed by atoms with van der Waals surface area (Å²) in [6.07, 6.45) is 6.84. The summed E-state index contributed by atoms with van der Waals surface area (Å²) in [5, 5.41) is 2.00. The van der Waals surface area contributed by atoms with Crippen molar-refractivity contribution in [2.75, 3.05) is 0 Å². The maximum atomic E-state index is 12.0. The van der Waals surface area contributed by atoms with Crippen LogP contribution in [-0.4, -0.2) is 5.24 Å². The highest BCUT2D eigenvalue weighted by Crippen LogP contribution is 2.42. The molecule has 0 aliphatic carbocycles. The van der Waals surface area contributed by atoms with Crippen LogP contribution in [0.25, 0.3) is 11.1 Å². The van der Waals surface area contributed by atoms with Gasteiger partial charge in [0, 0.05) is 5.56 Å². The van der Waals surface area contributed by atoms with Gasteiger partial charge in [-0.15, -0.1) is 8.19 Å². The minimum absolute atomic E-state index is 0.280. The Hall–Kier alpha value is -1.04. The summed E-state index contributed by atoms with van der Waals surface area (Å²) in [5.74, 6) is 0. The lowest BCUT2D eigenvalue weighted by atomic mass is 9.95. The molecule has 0 amide bonds. The quantitative estimate of drug-likeness (QED) is 0.507. The van der Waals surface area contributed by atoms with Crippen molar-refractivity contribution in [3.63, 3.8) is 0 Å². The van der Waals surface area contributed by atoms with Gasteiger partial charge in [0.05, 0.1) is 5.30 Å². The molecule has 0 saturated carbocycles. The van der Waals surface area contributed by atoms with Gasteiger partial charge in [-0.25, -0.2) is 0 Å². The van der Waals surface area contributed by atoms with E-state index in [1.807, 2.05) is 18.2 Å². The topological polar surface area (TPSA) is 17.1 Å². The number of rotatable bonds is 8. The Morgan fingerprint density at radius 3 is 2.27 bits per heavy atom. The summed E-state index contributed by atoms with van der Waals surface area (Å²) in [7, 11) is 0.456. The molecule has 2 rings (SSSR count). The number of aryl methyl sites for hydroxylation is 1. The number of unbranched alkanes of at least 4 members (excludes halogenated alkanes) is 2. The SMILES string of the molecule is CCCCc1[pH]c(C(=O)Cl)c(-c2ccccc2)c1CCCC. The molecule has 0 N–H and O–H groups in total. The Labute approximate surface area is 140 Å². The number of halogens is 1. The first-order chi connectivity index (χ1) is 10.7. The van der Waals surface area contributed by atoms with Gasteiger partial charge >= 0.3 is 0 Å². The fraction of sp³-hybridized carbons (Fsp3) is 0.421. The van der Waals surface area contributed by atoms with E-state index >= 15 is 0 Å². The molecular formula is C19H24ClOP. The first kappa shape index (κ1) is 17.3. The molecule has 0 radical (unpaired) electrons. The van der Waals surface area contributed by atoms with Gasteiger partial charge < -0.3 is 0 Å². The molecule has 118 valence electrons. The zero-order valence-corrected chi connectivity index (χ0v) is 15.2. The molecule has 1 aromatic heterocycles. The Bertz CT molecular complexity index is 616. The van der Waals surface area contributed by atoms with Crippen molar-refractivity contribution in [3.05, 3.63) is 46.5 Å². The van der Waals surface area contributed by atoms with Crippen LogP contribution in [0.5, 0.6) is 0 Å². The largest absolute Gasteiger partial charge is 0.275 e. The second kappa shape index (κ2) is 8.56. The summed E-state index contributed by atoms with van der Waals surface area (Å²) in [6.45, 7) is 4.42. The first-order valence-electron chi connectivity index (χ1n) is 8.18. The van der Waals surface area contributed by atoms with E-state index in [0.29, 0.717) is 8.19 Å². The normalized spacial score (nSPS) is 11.2. The predicted octanol–water partition coefficient (Wildman–Crippen LogP) is 6.45. The van der Waals surface area contributed by atoms with E-state index in [9.17, 15) is 4.79 Å². The molecular weight excluding hydrogens is 311 g/mol. The number of hydrogen-bond donors (Lipinski definition) is 0. The number of carbonyl (C=O) groups excluding carboxylic acids is 1. The van der Waals surface area contributed by atoms with E-state index in [0.717, 1.165) is 35.7 Å². The van der Waals surface area contributed by atoms with Crippen molar-refractivity contribution >= 4 is 25.0 Å². The third-order valence-electron chi connectivity index (χ3n) is 4.01. The molecule has 3 heteroatoms. The lowest BCUT2D eigenvalue weighted by Crippen LogP contribution is -1.94. The smallest absolute Gasteiger partial charge is 0.256 e. The first-order valence-corrected chi connectivity index (χ1v) is 9.55. The van der Waals surface area contributed by atoms with Crippen molar-refractivity contribution in [1.29, 1.82) is 0 Å². The minimum Gasteiger partial charge on any atom is -0.275 e. The average Bonchev–Trinajstić information content (AvgIpc) is 2.90. The molecule has 0 bridgehead atoms. The summed E-state index contributed by atoms with van der Waals surface area (Å²) >= 11 is 5.91. The van der Waals surface area contributed by atoms with E-state index < -0.39 is 0 Å². The third-order valence-corrected chi connectivity index (χ3v) is 5.94. The Kier molecular flexibility index (Phi) is 6.73. The standard InChI is InChI=1S/C19H24ClOP/c1-3-5-12-15-16(13-6-4-2)22-18(19(20)21)17(15)14-10-8-7-9-11-14/h7-11,22H,3-6,12-13H2,1-2H3. The summed E-state index contributed by atoms with van der Waals surface area (Å²) < 4.78 is 0. The van der Waals surface area contributed by atoms with E-state index in [1.165, 1.54) is 30.1 Å². The van der Waals surface area contributed by atoms with Crippen molar-refractivity contribution in [1.82, 2.24) is 0 Å². The molecule has 0 saturated heterocycles. The summed E-state index contributed by atoms with van der Waals surface area (Å²) in [5.41, 5.74) is 3.65. The maximum absolute atomic E-state index is 12.0. The van der Waals surface area contributed by atoms with Gasteiger partial charge in [-0.1, -0.05) is 57.0 Å². The van der Waals surface area contributed by atoms with E-state index in [-0.39, 0.29) is 5.24 Å². The van der Waals surface area contributed by atoms with Crippen molar-refractivity contribution in [3.8, 4) is 11.1 Å². The Morgan fingerprint density at radius 1 is 1.05 bits per heavy atom. The molecule has 0 aliphatic rings. The Morgan fingerprint density at radius 2 is 1.68 bits per heavy atom. The van der Waals surface area contributed by atoms with Gasteiger partial charge in [0.15, 0.2) is 0 Å². The van der Waals surface area contributed by atoms with Crippen molar-refractivity contribution in [2.45, 2.75) is 52.4 Å². The molecule has 0 spiro atoms. The lowest BCUT2D eigenvalue weighted by Gasteiger charge is -2.09. The second-order valence-corrected chi connectivity index (χ2v) is 7.38. The number of benzene rings is 1. The molecule has 0 fully saturated rings. The summed E-state index contributed by atoms with van der Waals surface area (Å²) in [6, 6.07) is 10.3. The van der Waals surface area contributed by atoms with Gasteiger partial charge in [0.1, 0.15) is 0 Å². The van der Waals surface area contributed by atoms with Gasteiger partial charge in [0.25, 0.3) is 5.24 Å². The third kappa shape index (κ3) is 4.03. The van der Waals surface area contributed by atoms with Gasteiger partial charge in [-0.05, 0) is 53.7 Å². The summed E-state index contributed by atoms with van der Waals surface area (Å²) in [4.78, 5) is 12.0. The van der Waals surface area contributed by atoms with Crippen LogP contribution in [0, 0.1) is 0 Å². The highest BCUT2D eigenvalue weighted by molar-refractivity contribution is 7.35. The zero-order valence-electron chi connectivity index (χ0n) is 13.4. The minimum atomic E-state index is -0.280. The highest BCUT2D eigenvalue weighted by Gasteiger charge is 2.21. The molecule has 22 heavy (non-hydrogen) atoms. The van der Waals surface area contributed by atoms with Crippen molar-refractivity contribution < 1.29 is 4.79 Å². The van der Waals surface area contributed by atoms with Crippen LogP contribution in [0.15, 0.2) is 30.3 Å². The van der Waals surface area contributed by atoms with Crippen LogP contribution in [0.2, 0.25) is 0 Å². The molecule has 1 aromatic carbocycles. The van der Waals surface area contributed by atoms with Crippen LogP contribution in [0.4, 0.5) is 0 Å². The van der Waals surface area contributed by atoms with Crippen LogP contribution in [0.3, 0.4) is 0 Å². The van der Waals surface area contributed by atoms with Gasteiger partial charge in [-0.2, -0.15) is 0 Å². The molecule has 1 unspecified atom stereocenters. The van der Waals surface area contributed by atoms with Crippen LogP contribution in [-0.2, 0) is 12.8 Å². The van der Waals surface area contributed by atoms with Crippen LogP contribution < -0.4 is 0 Å². The molecule has 1 nitrogen and oxygen atoms in total. The molecule has 1 atom stereocenters. The van der Waals surface area contributed by atoms with Gasteiger partial charge in [0.2, 0.25) is 0 Å². The van der Waals surface area contributed by atoms with Crippen LogP contribution >= 0.6 is 19.8 Å². The monoisotopic (exact) mass is 334 g/mol. The predicted molar refractivity (Wildman–Crippen MR) is 98.8 cm³/mol. The molecule has 2 aromatic rings. The second-order valence-electron chi connectivity index (χ2n) is 5.68. The fourth-order valence-corrected chi connectivity index (χ4v) is 4.62. The number of hydrogen-bond acceptors (Lipinski definition) is 1. The van der Waals surface area contributed by atoms with Crippen molar-refractivity contribution in [2.24, 2.45) is 0 Å². The van der Waals surface area contributed by atoms with E-state index in [2.05, 4.69) is 26.0 Å². The maximum Gasteiger partial charge on any atom is 0.256 e. The van der Waals surface area contributed by atoms with Gasteiger partial charge in [-0.3, -0.25) is 4.79 Å². The zero-order chi connectivity index (χ0) is 15.9. The fourth-order valence-electron chi connectivity index (χ4n) is 2.86. The number of carbonyl (C=O) groups is 1. The molecule has 0 aliphatic heterocycles. The van der Waals surface area contributed by atoms with E-state index in [4.69, 9.17) is 11.6 Å². The Balaban J connectivity index is 2.55. The lowest BCUT2D eigenvalue weighted by molar-refractivity contribution is 0.108. The highest BCUT2D eigenvalue weighted by atomic mass is 35.5.